The number of anilines is 2. The van der Waals surface area contributed by atoms with Gasteiger partial charge in [0.2, 0.25) is 5.95 Å². The SMILES string of the molecule is COc1ccccc1Nc1n[nH]c(-c2ccccc2)n1. The van der Waals surface area contributed by atoms with E-state index in [2.05, 4.69) is 20.5 Å². The maximum Gasteiger partial charge on any atom is 0.246 e. The van der Waals surface area contributed by atoms with Crippen molar-refractivity contribution in [3.8, 4) is 17.1 Å². The third kappa shape index (κ3) is 2.47. The van der Waals surface area contributed by atoms with Gasteiger partial charge in [-0.1, -0.05) is 42.5 Å². The van der Waals surface area contributed by atoms with Crippen molar-refractivity contribution >= 4 is 11.6 Å². The quantitative estimate of drug-likeness (QED) is 0.761. The monoisotopic (exact) mass is 266 g/mol. The fraction of sp³-hybridized carbons (Fsp3) is 0.0667. The minimum atomic E-state index is 0.508. The number of para-hydroxylation sites is 2. The first-order valence-corrected chi connectivity index (χ1v) is 6.24. The Labute approximate surface area is 116 Å². The number of nitrogens with zero attached hydrogens (tertiary/aromatic N) is 2. The fourth-order valence-corrected chi connectivity index (χ4v) is 1.91. The van der Waals surface area contributed by atoms with E-state index in [-0.39, 0.29) is 0 Å². The van der Waals surface area contributed by atoms with Crippen molar-refractivity contribution in [2.75, 3.05) is 12.4 Å². The van der Waals surface area contributed by atoms with Gasteiger partial charge in [-0.25, -0.2) is 0 Å². The van der Waals surface area contributed by atoms with Crippen LogP contribution in [0.3, 0.4) is 0 Å². The number of methoxy groups -OCH3 is 1. The number of H-pyrrole nitrogens is 1. The average Bonchev–Trinajstić information content (AvgIpc) is 2.97. The van der Waals surface area contributed by atoms with Crippen LogP contribution in [-0.2, 0) is 0 Å². The highest BCUT2D eigenvalue weighted by molar-refractivity contribution is 5.64. The molecule has 0 atom stereocenters. The molecule has 0 aliphatic heterocycles. The highest BCUT2D eigenvalue weighted by atomic mass is 16.5. The second kappa shape index (κ2) is 5.44. The summed E-state index contributed by atoms with van der Waals surface area (Å²) >= 11 is 0. The summed E-state index contributed by atoms with van der Waals surface area (Å²) < 4.78 is 5.28. The first-order chi connectivity index (χ1) is 9.86. The van der Waals surface area contributed by atoms with Crippen molar-refractivity contribution in [3.63, 3.8) is 0 Å². The van der Waals surface area contributed by atoms with Crippen molar-refractivity contribution in [3.05, 3.63) is 54.6 Å². The molecule has 0 saturated heterocycles. The first-order valence-electron chi connectivity index (χ1n) is 6.24. The molecule has 5 nitrogen and oxygen atoms in total. The summed E-state index contributed by atoms with van der Waals surface area (Å²) in [6.07, 6.45) is 0. The average molecular weight is 266 g/mol. The molecule has 2 aromatic carbocycles. The number of benzene rings is 2. The van der Waals surface area contributed by atoms with E-state index in [0.717, 1.165) is 22.8 Å². The van der Waals surface area contributed by atoms with Crippen LogP contribution in [0.2, 0.25) is 0 Å². The lowest BCUT2D eigenvalue weighted by Crippen LogP contribution is -1.95. The van der Waals surface area contributed by atoms with Gasteiger partial charge >= 0.3 is 0 Å². The predicted molar refractivity (Wildman–Crippen MR) is 78.1 cm³/mol. The van der Waals surface area contributed by atoms with Gasteiger partial charge in [0.05, 0.1) is 12.8 Å². The van der Waals surface area contributed by atoms with Crippen molar-refractivity contribution in [2.24, 2.45) is 0 Å². The van der Waals surface area contributed by atoms with Gasteiger partial charge in [-0.05, 0) is 12.1 Å². The van der Waals surface area contributed by atoms with Crippen LogP contribution in [0.4, 0.5) is 11.6 Å². The normalized spacial score (nSPS) is 10.2. The van der Waals surface area contributed by atoms with Gasteiger partial charge in [0.1, 0.15) is 5.75 Å². The second-order valence-electron chi connectivity index (χ2n) is 4.20. The van der Waals surface area contributed by atoms with Crippen LogP contribution in [0.25, 0.3) is 11.4 Å². The van der Waals surface area contributed by atoms with Gasteiger partial charge < -0.3 is 10.1 Å². The topological polar surface area (TPSA) is 62.8 Å². The van der Waals surface area contributed by atoms with Gasteiger partial charge in [0.25, 0.3) is 0 Å². The molecule has 0 unspecified atom stereocenters. The minimum absolute atomic E-state index is 0.508. The van der Waals surface area contributed by atoms with Crippen LogP contribution >= 0.6 is 0 Å². The smallest absolute Gasteiger partial charge is 0.246 e. The van der Waals surface area contributed by atoms with E-state index >= 15 is 0 Å². The number of hydrogen-bond acceptors (Lipinski definition) is 4. The van der Waals surface area contributed by atoms with E-state index in [9.17, 15) is 0 Å². The first kappa shape index (κ1) is 12.2. The van der Waals surface area contributed by atoms with Gasteiger partial charge in [0.15, 0.2) is 5.82 Å². The highest BCUT2D eigenvalue weighted by Gasteiger charge is 2.07. The lowest BCUT2D eigenvalue weighted by molar-refractivity contribution is 0.417. The molecule has 1 heterocycles. The molecule has 20 heavy (non-hydrogen) atoms. The molecule has 1 aromatic heterocycles. The largest absolute Gasteiger partial charge is 0.495 e. The fourth-order valence-electron chi connectivity index (χ4n) is 1.91. The summed E-state index contributed by atoms with van der Waals surface area (Å²) in [6.45, 7) is 0. The van der Waals surface area contributed by atoms with Gasteiger partial charge in [-0.15, -0.1) is 5.10 Å². The Bertz CT molecular complexity index is 694. The molecule has 0 bridgehead atoms. The Morgan fingerprint density at radius 2 is 1.75 bits per heavy atom. The lowest BCUT2D eigenvalue weighted by atomic mass is 10.2. The van der Waals surface area contributed by atoms with Crippen LogP contribution in [0.1, 0.15) is 0 Å². The van der Waals surface area contributed by atoms with Crippen molar-refractivity contribution in [1.29, 1.82) is 0 Å². The molecule has 5 heteroatoms. The van der Waals surface area contributed by atoms with Crippen LogP contribution in [0.15, 0.2) is 54.6 Å². The molecule has 0 aliphatic carbocycles. The maximum absolute atomic E-state index is 5.28. The standard InChI is InChI=1S/C15H14N4O/c1-20-13-10-6-5-9-12(13)16-15-17-14(18-19-15)11-7-3-2-4-8-11/h2-10H,1H3,(H2,16,17,18,19). The molecule has 0 fully saturated rings. The molecule has 0 spiro atoms. The Hall–Kier alpha value is -2.82. The van der Waals surface area contributed by atoms with Crippen LogP contribution in [0, 0.1) is 0 Å². The highest BCUT2D eigenvalue weighted by Crippen LogP contribution is 2.26. The third-order valence-electron chi connectivity index (χ3n) is 2.89. The van der Waals surface area contributed by atoms with Crippen LogP contribution in [0.5, 0.6) is 5.75 Å². The molecule has 100 valence electrons. The second-order valence-corrected chi connectivity index (χ2v) is 4.20. The number of rotatable bonds is 4. The van der Waals surface area contributed by atoms with E-state index in [0.29, 0.717) is 5.95 Å². The van der Waals surface area contributed by atoms with Crippen molar-refractivity contribution in [1.82, 2.24) is 15.2 Å². The van der Waals surface area contributed by atoms with Gasteiger partial charge in [-0.3, -0.25) is 5.10 Å². The molecular weight excluding hydrogens is 252 g/mol. The predicted octanol–water partition coefficient (Wildman–Crippen LogP) is 3.22. The van der Waals surface area contributed by atoms with E-state index in [1.165, 1.54) is 0 Å². The molecule has 0 aliphatic rings. The maximum atomic E-state index is 5.28. The zero-order chi connectivity index (χ0) is 13.8. The van der Waals surface area contributed by atoms with E-state index in [1.54, 1.807) is 7.11 Å². The molecule has 2 N–H and O–H groups in total. The van der Waals surface area contributed by atoms with E-state index < -0.39 is 0 Å². The zero-order valence-corrected chi connectivity index (χ0v) is 11.0. The summed E-state index contributed by atoms with van der Waals surface area (Å²) in [5, 5.41) is 10.2. The number of aromatic amines is 1. The summed E-state index contributed by atoms with van der Waals surface area (Å²) in [7, 11) is 1.63. The Kier molecular flexibility index (Phi) is 3.33. The summed E-state index contributed by atoms with van der Waals surface area (Å²) in [5.74, 6) is 1.98. The lowest BCUT2D eigenvalue weighted by Gasteiger charge is -2.07. The van der Waals surface area contributed by atoms with Crippen LogP contribution in [-0.4, -0.2) is 22.3 Å². The molecule has 0 radical (unpaired) electrons. The number of nitrogens with one attached hydrogen (secondary N) is 2. The minimum Gasteiger partial charge on any atom is -0.495 e. The molecule has 3 rings (SSSR count). The summed E-state index contributed by atoms with van der Waals surface area (Å²) in [5.41, 5.74) is 1.82. The number of ether oxygens (including phenoxy) is 1. The van der Waals surface area contributed by atoms with Crippen molar-refractivity contribution in [2.45, 2.75) is 0 Å². The van der Waals surface area contributed by atoms with E-state index in [1.807, 2.05) is 54.6 Å². The molecular formula is C15H14N4O. The van der Waals surface area contributed by atoms with Gasteiger partial charge in [0, 0.05) is 5.56 Å². The van der Waals surface area contributed by atoms with E-state index in [4.69, 9.17) is 4.74 Å². The number of aromatic nitrogens is 3. The van der Waals surface area contributed by atoms with Gasteiger partial charge in [-0.2, -0.15) is 4.98 Å². The molecule has 3 aromatic rings. The molecule has 0 saturated carbocycles. The Morgan fingerprint density at radius 1 is 1.00 bits per heavy atom. The Morgan fingerprint density at radius 3 is 2.55 bits per heavy atom. The van der Waals surface area contributed by atoms with Crippen molar-refractivity contribution < 1.29 is 4.74 Å². The zero-order valence-electron chi connectivity index (χ0n) is 11.0. The molecule has 0 amide bonds. The summed E-state index contributed by atoms with van der Waals surface area (Å²) in [6, 6.07) is 17.5. The Balaban J connectivity index is 1.84. The van der Waals surface area contributed by atoms with Crippen LogP contribution < -0.4 is 10.1 Å². The summed E-state index contributed by atoms with van der Waals surface area (Å²) in [4.78, 5) is 4.42. The number of hydrogen-bond donors (Lipinski definition) is 2. The third-order valence-corrected chi connectivity index (χ3v) is 2.89.